The van der Waals surface area contributed by atoms with Crippen LogP contribution in [0.3, 0.4) is 0 Å². The maximum Gasteiger partial charge on any atom is 0.133 e. The van der Waals surface area contributed by atoms with Crippen molar-refractivity contribution in [3.8, 4) is 5.75 Å². The number of halogens is 1. The molecule has 1 saturated carbocycles. The van der Waals surface area contributed by atoms with E-state index in [0.29, 0.717) is 6.10 Å². The van der Waals surface area contributed by atoms with Crippen LogP contribution in [0.25, 0.3) is 0 Å². The number of hydrogen-bond donors (Lipinski definition) is 0. The van der Waals surface area contributed by atoms with Gasteiger partial charge in [-0.1, -0.05) is 15.9 Å². The minimum absolute atomic E-state index is 0.447. The van der Waals surface area contributed by atoms with Gasteiger partial charge in [-0.15, -0.1) is 11.8 Å². The molecule has 0 spiro atoms. The Bertz CT molecular complexity index is 353. The van der Waals surface area contributed by atoms with E-state index >= 15 is 0 Å². The van der Waals surface area contributed by atoms with E-state index in [4.69, 9.17) is 9.47 Å². The van der Waals surface area contributed by atoms with Crippen molar-refractivity contribution in [3.05, 3.63) is 22.7 Å². The fourth-order valence-corrected chi connectivity index (χ4v) is 2.74. The minimum atomic E-state index is 0.447. The van der Waals surface area contributed by atoms with E-state index in [1.54, 1.807) is 18.9 Å². The van der Waals surface area contributed by atoms with Gasteiger partial charge in [0, 0.05) is 17.3 Å². The second-order valence-electron chi connectivity index (χ2n) is 3.75. The molecule has 4 heteroatoms. The average molecular weight is 303 g/mol. The number of hydrogen-bond acceptors (Lipinski definition) is 3. The molecule has 0 aromatic heterocycles. The van der Waals surface area contributed by atoms with Gasteiger partial charge in [0.05, 0.1) is 17.6 Å². The molecule has 88 valence electrons. The van der Waals surface area contributed by atoms with Crippen molar-refractivity contribution < 1.29 is 9.47 Å². The standard InChI is InChI=1S/C12H15BrO2S/c1-14-6-7-16-12-8-9(13)2-5-11(12)15-10-3-4-10/h2,5,8,10H,3-4,6-7H2,1H3. The highest BCUT2D eigenvalue weighted by Crippen LogP contribution is 2.36. The Kier molecular flexibility index (Phi) is 4.55. The van der Waals surface area contributed by atoms with Crippen LogP contribution in [-0.2, 0) is 4.74 Å². The van der Waals surface area contributed by atoms with Crippen molar-refractivity contribution in [2.45, 2.75) is 23.8 Å². The van der Waals surface area contributed by atoms with Crippen LogP contribution in [0.2, 0.25) is 0 Å². The van der Waals surface area contributed by atoms with Crippen molar-refractivity contribution >= 4 is 27.7 Å². The molecule has 16 heavy (non-hydrogen) atoms. The van der Waals surface area contributed by atoms with E-state index in [2.05, 4.69) is 22.0 Å². The van der Waals surface area contributed by atoms with E-state index < -0.39 is 0 Å². The third-order valence-electron chi connectivity index (χ3n) is 2.27. The molecule has 0 aliphatic heterocycles. The Morgan fingerprint density at radius 3 is 2.94 bits per heavy atom. The fourth-order valence-electron chi connectivity index (χ4n) is 1.29. The number of benzene rings is 1. The predicted octanol–water partition coefficient (Wildman–Crippen LogP) is 3.73. The third-order valence-corrected chi connectivity index (χ3v) is 3.76. The zero-order chi connectivity index (χ0) is 11.4. The van der Waals surface area contributed by atoms with E-state index in [1.165, 1.54) is 17.7 Å². The lowest BCUT2D eigenvalue weighted by molar-refractivity contribution is 0.218. The van der Waals surface area contributed by atoms with Crippen LogP contribution in [-0.4, -0.2) is 25.6 Å². The Morgan fingerprint density at radius 1 is 1.44 bits per heavy atom. The van der Waals surface area contributed by atoms with Gasteiger partial charge in [0.1, 0.15) is 5.75 Å². The van der Waals surface area contributed by atoms with Gasteiger partial charge in [0.25, 0.3) is 0 Å². The zero-order valence-corrected chi connectivity index (χ0v) is 11.6. The summed E-state index contributed by atoms with van der Waals surface area (Å²) in [6.45, 7) is 0.764. The molecule has 0 heterocycles. The molecule has 0 radical (unpaired) electrons. The highest BCUT2D eigenvalue weighted by Gasteiger charge is 2.24. The number of ether oxygens (including phenoxy) is 2. The second kappa shape index (κ2) is 5.94. The predicted molar refractivity (Wildman–Crippen MR) is 70.4 cm³/mol. The summed E-state index contributed by atoms with van der Waals surface area (Å²) in [4.78, 5) is 1.19. The van der Waals surface area contributed by atoms with Crippen LogP contribution in [0, 0.1) is 0 Å². The minimum Gasteiger partial charge on any atom is -0.489 e. The molecule has 2 rings (SSSR count). The molecule has 1 aromatic rings. The van der Waals surface area contributed by atoms with Crippen LogP contribution in [0.15, 0.2) is 27.6 Å². The summed E-state index contributed by atoms with van der Waals surface area (Å²) < 4.78 is 12.0. The van der Waals surface area contributed by atoms with Crippen LogP contribution in [0.4, 0.5) is 0 Å². The molecule has 1 aliphatic carbocycles. The molecular weight excluding hydrogens is 288 g/mol. The van der Waals surface area contributed by atoms with Gasteiger partial charge in [-0.2, -0.15) is 0 Å². The maximum atomic E-state index is 5.86. The van der Waals surface area contributed by atoms with E-state index in [0.717, 1.165) is 22.6 Å². The molecule has 1 fully saturated rings. The Labute approximate surface area is 109 Å². The summed E-state index contributed by atoms with van der Waals surface area (Å²) in [6.07, 6.45) is 2.83. The largest absolute Gasteiger partial charge is 0.489 e. The monoisotopic (exact) mass is 302 g/mol. The van der Waals surface area contributed by atoms with Crippen LogP contribution in [0.1, 0.15) is 12.8 Å². The third kappa shape index (κ3) is 3.68. The van der Waals surface area contributed by atoms with Gasteiger partial charge >= 0.3 is 0 Å². The molecule has 0 atom stereocenters. The van der Waals surface area contributed by atoms with E-state index in [-0.39, 0.29) is 0 Å². The Morgan fingerprint density at radius 2 is 2.25 bits per heavy atom. The maximum absolute atomic E-state index is 5.86. The van der Waals surface area contributed by atoms with Crippen molar-refractivity contribution in [2.24, 2.45) is 0 Å². The topological polar surface area (TPSA) is 18.5 Å². The first-order valence-electron chi connectivity index (χ1n) is 5.37. The van der Waals surface area contributed by atoms with Crippen molar-refractivity contribution in [1.29, 1.82) is 0 Å². The molecule has 0 amide bonds. The number of methoxy groups -OCH3 is 1. The zero-order valence-electron chi connectivity index (χ0n) is 9.24. The Hall–Kier alpha value is -0.190. The van der Waals surface area contributed by atoms with Gasteiger partial charge in [-0.3, -0.25) is 0 Å². The number of thioether (sulfide) groups is 1. The van der Waals surface area contributed by atoms with Crippen molar-refractivity contribution in [2.75, 3.05) is 19.5 Å². The highest BCUT2D eigenvalue weighted by atomic mass is 79.9. The lowest BCUT2D eigenvalue weighted by Crippen LogP contribution is -1.98. The quantitative estimate of drug-likeness (QED) is 0.589. The van der Waals surface area contributed by atoms with Gasteiger partial charge in [-0.25, -0.2) is 0 Å². The van der Waals surface area contributed by atoms with E-state index in [9.17, 15) is 0 Å². The van der Waals surface area contributed by atoms with Crippen LogP contribution < -0.4 is 4.74 Å². The first kappa shape index (κ1) is 12.3. The fraction of sp³-hybridized carbons (Fsp3) is 0.500. The molecule has 0 unspecified atom stereocenters. The average Bonchev–Trinajstić information content (AvgIpc) is 3.06. The van der Waals surface area contributed by atoms with Gasteiger partial charge in [-0.05, 0) is 31.0 Å². The van der Waals surface area contributed by atoms with Crippen molar-refractivity contribution in [1.82, 2.24) is 0 Å². The highest BCUT2D eigenvalue weighted by molar-refractivity contribution is 9.10. The van der Waals surface area contributed by atoms with E-state index in [1.807, 2.05) is 12.1 Å². The first-order chi connectivity index (χ1) is 7.79. The molecule has 1 aromatic carbocycles. The molecule has 2 nitrogen and oxygen atoms in total. The summed E-state index contributed by atoms with van der Waals surface area (Å²) >= 11 is 5.26. The van der Waals surface area contributed by atoms with Crippen molar-refractivity contribution in [3.63, 3.8) is 0 Å². The molecule has 0 bridgehead atoms. The summed E-state index contributed by atoms with van der Waals surface area (Å²) in [6, 6.07) is 6.17. The number of rotatable bonds is 6. The van der Waals surface area contributed by atoms with Gasteiger partial charge < -0.3 is 9.47 Å². The summed E-state index contributed by atoms with van der Waals surface area (Å²) in [5.41, 5.74) is 0. The molecule has 0 N–H and O–H groups in total. The summed E-state index contributed by atoms with van der Waals surface area (Å²) in [5, 5.41) is 0. The lowest BCUT2D eigenvalue weighted by Gasteiger charge is -2.10. The summed E-state index contributed by atoms with van der Waals surface area (Å²) in [7, 11) is 1.73. The molecular formula is C12H15BrO2S. The molecule has 1 aliphatic rings. The lowest BCUT2D eigenvalue weighted by atomic mass is 10.3. The normalized spacial score (nSPS) is 15.1. The van der Waals surface area contributed by atoms with Crippen LogP contribution in [0.5, 0.6) is 5.75 Å². The van der Waals surface area contributed by atoms with Crippen LogP contribution >= 0.6 is 27.7 Å². The van der Waals surface area contributed by atoms with Gasteiger partial charge in [0.2, 0.25) is 0 Å². The second-order valence-corrected chi connectivity index (χ2v) is 5.80. The molecule has 0 saturated heterocycles. The van der Waals surface area contributed by atoms with Gasteiger partial charge in [0.15, 0.2) is 0 Å². The Balaban J connectivity index is 2.02. The first-order valence-corrected chi connectivity index (χ1v) is 7.15. The SMILES string of the molecule is COCCSc1cc(Br)ccc1OC1CC1. The summed E-state index contributed by atoms with van der Waals surface area (Å²) in [5.74, 6) is 1.96. The smallest absolute Gasteiger partial charge is 0.133 e.